The zero-order chi connectivity index (χ0) is 28.1. The Hall–Kier alpha value is -4.42. The third-order valence-electron chi connectivity index (χ3n) is 6.21. The van der Waals surface area contributed by atoms with Gasteiger partial charge in [-0.25, -0.2) is 0 Å². The number of nitro groups is 1. The van der Waals surface area contributed by atoms with Crippen molar-refractivity contribution in [1.29, 1.82) is 0 Å². The Morgan fingerprint density at radius 2 is 1.73 bits per heavy atom. The molecule has 0 atom stereocenters. The number of nitrogens with one attached hydrogen (secondary N) is 1. The minimum absolute atomic E-state index is 0.00644. The first-order chi connectivity index (χ1) is 19.4. The molecule has 1 N–H and O–H groups in total. The fraction of sp³-hybridized carbons (Fsp3) is 0.185. The van der Waals surface area contributed by atoms with Gasteiger partial charge in [0.05, 0.1) is 10.7 Å². The molecule has 0 bridgehead atoms. The molecule has 0 unspecified atom stereocenters. The molecule has 0 aliphatic carbocycles. The maximum absolute atomic E-state index is 12.7. The Labute approximate surface area is 238 Å². The Morgan fingerprint density at radius 3 is 2.42 bits per heavy atom. The molecule has 1 aliphatic heterocycles. The summed E-state index contributed by atoms with van der Waals surface area (Å²) in [6.45, 7) is 2.61. The number of piperazine rings is 1. The molecular formula is C27H23ClN6O5S. The van der Waals surface area contributed by atoms with Gasteiger partial charge in [0.25, 0.3) is 16.8 Å². The van der Waals surface area contributed by atoms with Crippen LogP contribution in [-0.4, -0.2) is 63.8 Å². The lowest BCUT2D eigenvalue weighted by Gasteiger charge is -2.36. The highest BCUT2D eigenvalue weighted by atomic mass is 35.5. The van der Waals surface area contributed by atoms with Crippen LogP contribution in [0.1, 0.15) is 10.4 Å². The molecule has 1 aliphatic rings. The number of hydrogen-bond acceptors (Lipinski definition) is 9. The molecule has 2 amide bonds. The van der Waals surface area contributed by atoms with Crippen LogP contribution in [0.25, 0.3) is 11.5 Å². The fourth-order valence-corrected chi connectivity index (χ4v) is 4.85. The van der Waals surface area contributed by atoms with Crippen LogP contribution in [0.4, 0.5) is 17.1 Å². The number of carbonyl (C=O) groups excluding carboxylic acids is 2. The number of anilines is 2. The van der Waals surface area contributed by atoms with Crippen molar-refractivity contribution in [3.63, 3.8) is 0 Å². The second-order valence-electron chi connectivity index (χ2n) is 8.85. The number of nitrogens with zero attached hydrogens (tertiary/aromatic N) is 5. The number of carbonyl (C=O) groups is 2. The van der Waals surface area contributed by atoms with Gasteiger partial charge in [0.2, 0.25) is 11.8 Å². The van der Waals surface area contributed by atoms with Crippen molar-refractivity contribution in [2.75, 3.05) is 42.1 Å². The lowest BCUT2D eigenvalue weighted by atomic mass is 10.1. The highest BCUT2D eigenvalue weighted by Gasteiger charge is 2.22. The largest absolute Gasteiger partial charge is 0.411 e. The molecule has 0 spiro atoms. The zero-order valence-corrected chi connectivity index (χ0v) is 22.6. The fourth-order valence-electron chi connectivity index (χ4n) is 4.16. The third-order valence-corrected chi connectivity index (χ3v) is 7.28. The van der Waals surface area contributed by atoms with E-state index in [9.17, 15) is 19.7 Å². The van der Waals surface area contributed by atoms with Gasteiger partial charge in [-0.05, 0) is 54.6 Å². The maximum Gasteiger partial charge on any atom is 0.277 e. The van der Waals surface area contributed by atoms with Gasteiger partial charge in [-0.15, -0.1) is 10.2 Å². The van der Waals surface area contributed by atoms with Crippen LogP contribution in [0.2, 0.25) is 5.02 Å². The van der Waals surface area contributed by atoms with E-state index in [2.05, 4.69) is 20.4 Å². The number of aromatic nitrogens is 2. The number of benzene rings is 3. The van der Waals surface area contributed by atoms with Crippen molar-refractivity contribution < 1.29 is 18.9 Å². The number of rotatable bonds is 8. The SMILES string of the molecule is O=C(CSc1nnc(-c2cccc([N+](=O)[O-])c2)o1)Nc1ccc(N2CCN(C(=O)c3ccc(Cl)cc3)CC2)cc1. The summed E-state index contributed by atoms with van der Waals surface area (Å²) in [7, 11) is 0. The van der Waals surface area contributed by atoms with Crippen LogP contribution in [0.15, 0.2) is 82.4 Å². The number of nitro benzene ring substituents is 1. The van der Waals surface area contributed by atoms with Crippen LogP contribution in [0.5, 0.6) is 0 Å². The number of hydrogen-bond donors (Lipinski definition) is 1. The number of amides is 2. The van der Waals surface area contributed by atoms with Crippen molar-refractivity contribution in [2.45, 2.75) is 5.22 Å². The average Bonchev–Trinajstić information content (AvgIpc) is 3.46. The van der Waals surface area contributed by atoms with Crippen molar-refractivity contribution in [3.05, 3.63) is 93.5 Å². The monoisotopic (exact) mass is 578 g/mol. The van der Waals surface area contributed by atoms with Crippen LogP contribution in [-0.2, 0) is 4.79 Å². The lowest BCUT2D eigenvalue weighted by molar-refractivity contribution is -0.384. The second-order valence-corrected chi connectivity index (χ2v) is 10.2. The molecule has 1 saturated heterocycles. The smallest absolute Gasteiger partial charge is 0.277 e. The van der Waals surface area contributed by atoms with E-state index >= 15 is 0 Å². The van der Waals surface area contributed by atoms with Crippen molar-refractivity contribution >= 4 is 52.2 Å². The Morgan fingerprint density at radius 1 is 1.00 bits per heavy atom. The maximum atomic E-state index is 12.7. The molecule has 4 aromatic rings. The van der Waals surface area contributed by atoms with Gasteiger partial charge >= 0.3 is 0 Å². The van der Waals surface area contributed by atoms with Gasteiger partial charge in [0.1, 0.15) is 0 Å². The first kappa shape index (κ1) is 27.2. The minimum Gasteiger partial charge on any atom is -0.411 e. The second kappa shape index (κ2) is 12.2. The van der Waals surface area contributed by atoms with Gasteiger partial charge in [0.15, 0.2) is 0 Å². The summed E-state index contributed by atoms with van der Waals surface area (Å²) in [5.74, 6) is -0.0744. The van der Waals surface area contributed by atoms with E-state index < -0.39 is 4.92 Å². The topological polar surface area (TPSA) is 135 Å². The van der Waals surface area contributed by atoms with Crippen molar-refractivity contribution in [3.8, 4) is 11.5 Å². The normalized spacial score (nSPS) is 13.2. The summed E-state index contributed by atoms with van der Waals surface area (Å²) in [6, 6.07) is 20.3. The molecule has 5 rings (SSSR count). The minimum atomic E-state index is -0.501. The van der Waals surface area contributed by atoms with E-state index in [1.807, 2.05) is 29.2 Å². The summed E-state index contributed by atoms with van der Waals surface area (Å²) >= 11 is 6.99. The standard InChI is InChI=1S/C27H23ClN6O5S/c28-20-6-4-18(5-7-20)26(36)33-14-12-32(13-15-33)22-10-8-21(9-11-22)29-24(35)17-40-27-31-30-25(39-27)19-2-1-3-23(16-19)34(37)38/h1-11,16H,12-15,17H2,(H,29,35). The molecule has 3 aromatic carbocycles. The summed E-state index contributed by atoms with van der Waals surface area (Å²) in [6.07, 6.45) is 0. The molecule has 2 heterocycles. The summed E-state index contributed by atoms with van der Waals surface area (Å²) in [5.41, 5.74) is 2.62. The molecule has 1 fully saturated rings. The first-order valence-corrected chi connectivity index (χ1v) is 13.6. The van der Waals surface area contributed by atoms with Gasteiger partial charge in [-0.3, -0.25) is 19.7 Å². The van der Waals surface area contributed by atoms with Gasteiger partial charge < -0.3 is 19.5 Å². The highest BCUT2D eigenvalue weighted by Crippen LogP contribution is 2.26. The van der Waals surface area contributed by atoms with Crippen LogP contribution in [0.3, 0.4) is 0 Å². The molecule has 11 nitrogen and oxygen atoms in total. The lowest BCUT2D eigenvalue weighted by Crippen LogP contribution is -2.48. The molecule has 13 heteroatoms. The molecular weight excluding hydrogens is 556 g/mol. The van der Waals surface area contributed by atoms with Gasteiger partial charge in [0, 0.05) is 65.8 Å². The highest BCUT2D eigenvalue weighted by molar-refractivity contribution is 7.99. The average molecular weight is 579 g/mol. The summed E-state index contributed by atoms with van der Waals surface area (Å²) in [5, 5.41) is 22.4. The van der Waals surface area contributed by atoms with Crippen molar-refractivity contribution in [1.82, 2.24) is 15.1 Å². The summed E-state index contributed by atoms with van der Waals surface area (Å²) < 4.78 is 5.54. The van der Waals surface area contributed by atoms with E-state index in [4.69, 9.17) is 16.0 Å². The third kappa shape index (κ3) is 6.58. The Bertz CT molecular complexity index is 1520. The molecule has 0 radical (unpaired) electrons. The number of thioether (sulfide) groups is 1. The summed E-state index contributed by atoms with van der Waals surface area (Å²) in [4.78, 5) is 39.7. The van der Waals surface area contributed by atoms with E-state index in [-0.39, 0.29) is 34.4 Å². The van der Waals surface area contributed by atoms with E-state index in [1.54, 1.807) is 30.3 Å². The first-order valence-electron chi connectivity index (χ1n) is 12.3. The molecule has 40 heavy (non-hydrogen) atoms. The molecule has 0 saturated carbocycles. The van der Waals surface area contributed by atoms with E-state index in [0.29, 0.717) is 48.0 Å². The zero-order valence-electron chi connectivity index (χ0n) is 21.0. The van der Waals surface area contributed by atoms with Crippen LogP contribution >= 0.6 is 23.4 Å². The number of halogens is 1. The van der Waals surface area contributed by atoms with Gasteiger partial charge in [-0.1, -0.05) is 29.4 Å². The Balaban J connectivity index is 1.09. The van der Waals surface area contributed by atoms with Crippen LogP contribution in [0, 0.1) is 10.1 Å². The quantitative estimate of drug-likeness (QED) is 0.174. The van der Waals surface area contributed by atoms with E-state index in [0.717, 1.165) is 17.4 Å². The van der Waals surface area contributed by atoms with Crippen molar-refractivity contribution in [2.24, 2.45) is 0 Å². The van der Waals surface area contributed by atoms with Gasteiger partial charge in [-0.2, -0.15) is 0 Å². The molecule has 204 valence electrons. The Kier molecular flexibility index (Phi) is 8.27. The van der Waals surface area contributed by atoms with E-state index in [1.165, 1.54) is 18.2 Å². The van der Waals surface area contributed by atoms with Crippen LogP contribution < -0.4 is 10.2 Å². The molecule has 1 aromatic heterocycles. The predicted molar refractivity (Wildman–Crippen MR) is 152 cm³/mol. The number of non-ortho nitro benzene ring substituents is 1. The predicted octanol–water partition coefficient (Wildman–Crippen LogP) is 4.99.